The van der Waals surface area contributed by atoms with Gasteiger partial charge in [0.25, 0.3) is 0 Å². The van der Waals surface area contributed by atoms with Gasteiger partial charge in [-0.05, 0) is 31.4 Å². The Bertz CT molecular complexity index is 836. The smallest absolute Gasteiger partial charge is 0.329 e. The van der Waals surface area contributed by atoms with Crippen LogP contribution in [-0.4, -0.2) is 45.5 Å². The summed E-state index contributed by atoms with van der Waals surface area (Å²) < 4.78 is 3.02. The molecule has 0 spiro atoms. The summed E-state index contributed by atoms with van der Waals surface area (Å²) in [7, 11) is 3.27. The molecule has 0 radical (unpaired) electrons. The number of carbonyl (C=O) groups excluding carboxylic acids is 2. The molecule has 1 saturated heterocycles. The fourth-order valence-corrected chi connectivity index (χ4v) is 3.41. The van der Waals surface area contributed by atoms with Crippen molar-refractivity contribution in [2.75, 3.05) is 13.6 Å². The number of nitrogens with one attached hydrogen (secondary N) is 1. The third-order valence-corrected chi connectivity index (χ3v) is 4.72. The summed E-state index contributed by atoms with van der Waals surface area (Å²) >= 11 is 0. The lowest BCUT2D eigenvalue weighted by molar-refractivity contribution is -0.142. The van der Waals surface area contributed by atoms with E-state index in [4.69, 9.17) is 0 Å². The predicted octanol–water partition coefficient (Wildman–Crippen LogP) is 0.467. The minimum atomic E-state index is -0.443. The van der Waals surface area contributed by atoms with Crippen molar-refractivity contribution in [3.63, 3.8) is 0 Å². The number of amides is 2. The van der Waals surface area contributed by atoms with Crippen LogP contribution in [0.25, 0.3) is 11.0 Å². The summed E-state index contributed by atoms with van der Waals surface area (Å²) in [5.74, 6) is -0.338. The van der Waals surface area contributed by atoms with E-state index in [1.165, 1.54) is 9.13 Å². The Hall–Kier alpha value is -2.57. The molecule has 1 aliphatic rings. The molecule has 3 rings (SSSR count). The highest BCUT2D eigenvalue weighted by Crippen LogP contribution is 2.18. The number of aryl methyl sites for hydroxylation is 1. The molecule has 1 aliphatic heterocycles. The Balaban J connectivity index is 1.91. The lowest BCUT2D eigenvalue weighted by Crippen LogP contribution is -2.52. The van der Waals surface area contributed by atoms with Gasteiger partial charge in [-0.2, -0.15) is 0 Å². The highest BCUT2D eigenvalue weighted by molar-refractivity contribution is 5.88. The Kier molecular flexibility index (Phi) is 4.42. The molecule has 1 fully saturated rings. The van der Waals surface area contributed by atoms with Gasteiger partial charge in [0.05, 0.1) is 11.0 Å². The van der Waals surface area contributed by atoms with E-state index in [0.29, 0.717) is 13.0 Å². The molecular formula is C17H22N4O3. The zero-order valence-corrected chi connectivity index (χ0v) is 14.0. The van der Waals surface area contributed by atoms with E-state index in [0.717, 1.165) is 23.9 Å². The largest absolute Gasteiger partial charge is 0.357 e. The molecule has 2 aromatic rings. The molecule has 1 N–H and O–H groups in total. The first-order valence-corrected chi connectivity index (χ1v) is 8.20. The molecule has 128 valence electrons. The number of hydrogen-bond donors (Lipinski definition) is 1. The summed E-state index contributed by atoms with van der Waals surface area (Å²) in [6.45, 7) is 0.504. The van der Waals surface area contributed by atoms with Crippen LogP contribution in [-0.2, 0) is 23.2 Å². The number of imidazole rings is 1. The molecule has 1 atom stereocenters. The first kappa shape index (κ1) is 16.3. The van der Waals surface area contributed by atoms with Crippen molar-refractivity contribution in [1.29, 1.82) is 0 Å². The van der Waals surface area contributed by atoms with Gasteiger partial charge in [0, 0.05) is 20.6 Å². The molecule has 0 bridgehead atoms. The number of para-hydroxylation sites is 2. The van der Waals surface area contributed by atoms with E-state index >= 15 is 0 Å². The molecular weight excluding hydrogens is 308 g/mol. The zero-order valence-electron chi connectivity index (χ0n) is 14.0. The molecule has 1 aromatic carbocycles. The second kappa shape index (κ2) is 6.51. The molecule has 1 aromatic heterocycles. The van der Waals surface area contributed by atoms with E-state index in [1.807, 2.05) is 24.3 Å². The van der Waals surface area contributed by atoms with E-state index in [-0.39, 0.29) is 24.0 Å². The van der Waals surface area contributed by atoms with Gasteiger partial charge in [-0.15, -0.1) is 0 Å². The van der Waals surface area contributed by atoms with Gasteiger partial charge in [0.1, 0.15) is 12.6 Å². The van der Waals surface area contributed by atoms with Crippen LogP contribution < -0.4 is 11.0 Å². The van der Waals surface area contributed by atoms with Gasteiger partial charge in [0.15, 0.2) is 0 Å². The number of piperidine rings is 1. The highest BCUT2D eigenvalue weighted by Gasteiger charge is 2.31. The van der Waals surface area contributed by atoms with E-state index in [2.05, 4.69) is 5.32 Å². The Labute approximate surface area is 139 Å². The van der Waals surface area contributed by atoms with Gasteiger partial charge in [-0.25, -0.2) is 4.79 Å². The maximum Gasteiger partial charge on any atom is 0.329 e. The number of rotatable bonds is 3. The monoisotopic (exact) mass is 330 g/mol. The van der Waals surface area contributed by atoms with Gasteiger partial charge < -0.3 is 10.2 Å². The summed E-state index contributed by atoms with van der Waals surface area (Å²) in [5, 5.41) is 2.62. The average molecular weight is 330 g/mol. The first-order valence-electron chi connectivity index (χ1n) is 8.20. The van der Waals surface area contributed by atoms with Crippen LogP contribution in [0.5, 0.6) is 0 Å². The van der Waals surface area contributed by atoms with E-state index in [9.17, 15) is 14.4 Å². The lowest BCUT2D eigenvalue weighted by atomic mass is 10.0. The lowest BCUT2D eigenvalue weighted by Gasteiger charge is -2.34. The Morgan fingerprint density at radius 1 is 1.21 bits per heavy atom. The number of likely N-dealkylation sites (N-methyl/N-ethyl adjacent to an activating group) is 1. The zero-order chi connectivity index (χ0) is 17.3. The molecule has 7 nitrogen and oxygen atoms in total. The molecule has 0 saturated carbocycles. The summed E-state index contributed by atoms with van der Waals surface area (Å²) in [4.78, 5) is 38.9. The van der Waals surface area contributed by atoms with Crippen LogP contribution in [0.1, 0.15) is 19.3 Å². The maximum atomic E-state index is 12.8. The van der Waals surface area contributed by atoms with Gasteiger partial charge >= 0.3 is 5.69 Å². The SMILES string of the molecule is CNC(=O)[C@H]1CCCCN1C(=O)Cn1c(=O)n(C)c2ccccc21. The van der Waals surface area contributed by atoms with Crippen LogP contribution in [0.4, 0.5) is 0 Å². The predicted molar refractivity (Wildman–Crippen MR) is 90.6 cm³/mol. The number of aromatic nitrogens is 2. The van der Waals surface area contributed by atoms with E-state index in [1.54, 1.807) is 19.0 Å². The summed E-state index contributed by atoms with van der Waals surface area (Å²) in [5.41, 5.74) is 1.29. The maximum absolute atomic E-state index is 12.8. The number of fused-ring (bicyclic) bond motifs is 1. The first-order chi connectivity index (χ1) is 11.5. The minimum absolute atomic E-state index is 0.0479. The van der Waals surface area contributed by atoms with Crippen LogP contribution in [0.15, 0.2) is 29.1 Å². The van der Waals surface area contributed by atoms with Gasteiger partial charge in [-0.3, -0.25) is 18.7 Å². The normalized spacial score (nSPS) is 17.9. The molecule has 24 heavy (non-hydrogen) atoms. The topological polar surface area (TPSA) is 76.3 Å². The van der Waals surface area contributed by atoms with Gasteiger partial charge in [0.2, 0.25) is 11.8 Å². The quantitative estimate of drug-likeness (QED) is 0.889. The van der Waals surface area contributed by atoms with Crippen molar-refractivity contribution in [2.45, 2.75) is 31.8 Å². The molecule has 2 heterocycles. The van der Waals surface area contributed by atoms with Crippen LogP contribution in [0.3, 0.4) is 0 Å². The number of nitrogens with zero attached hydrogens (tertiary/aromatic N) is 3. The number of carbonyl (C=O) groups is 2. The number of benzene rings is 1. The van der Waals surface area contributed by atoms with Crippen molar-refractivity contribution in [3.8, 4) is 0 Å². The Morgan fingerprint density at radius 2 is 1.92 bits per heavy atom. The molecule has 0 aliphatic carbocycles. The molecule has 2 amide bonds. The summed E-state index contributed by atoms with van der Waals surface area (Å²) in [6, 6.07) is 6.95. The minimum Gasteiger partial charge on any atom is -0.357 e. The molecule has 7 heteroatoms. The average Bonchev–Trinajstić information content (AvgIpc) is 2.86. The van der Waals surface area contributed by atoms with E-state index < -0.39 is 6.04 Å². The van der Waals surface area contributed by atoms with Crippen molar-refractivity contribution >= 4 is 22.8 Å². The third-order valence-electron chi connectivity index (χ3n) is 4.72. The van der Waals surface area contributed by atoms with Crippen molar-refractivity contribution in [3.05, 3.63) is 34.7 Å². The van der Waals surface area contributed by atoms with Crippen molar-refractivity contribution in [1.82, 2.24) is 19.4 Å². The fourth-order valence-electron chi connectivity index (χ4n) is 3.41. The second-order valence-electron chi connectivity index (χ2n) is 6.13. The fraction of sp³-hybridized carbons (Fsp3) is 0.471. The van der Waals surface area contributed by atoms with Crippen molar-refractivity contribution in [2.24, 2.45) is 7.05 Å². The Morgan fingerprint density at radius 3 is 2.62 bits per heavy atom. The summed E-state index contributed by atoms with van der Waals surface area (Å²) in [6.07, 6.45) is 2.47. The highest BCUT2D eigenvalue weighted by atomic mass is 16.2. The molecule has 0 unspecified atom stereocenters. The van der Waals surface area contributed by atoms with Crippen LogP contribution in [0, 0.1) is 0 Å². The van der Waals surface area contributed by atoms with Crippen LogP contribution >= 0.6 is 0 Å². The number of hydrogen-bond acceptors (Lipinski definition) is 3. The van der Waals surface area contributed by atoms with Crippen molar-refractivity contribution < 1.29 is 9.59 Å². The number of likely N-dealkylation sites (tertiary alicyclic amines) is 1. The van der Waals surface area contributed by atoms with Gasteiger partial charge in [-0.1, -0.05) is 12.1 Å². The standard InChI is InChI=1S/C17H22N4O3/c1-18-16(23)14-9-5-6-10-20(14)15(22)11-21-13-8-4-3-7-12(13)19(2)17(21)24/h3-4,7-8,14H,5-6,9-11H2,1-2H3,(H,18,23)/t14-/m1/s1. The third kappa shape index (κ3) is 2.70. The second-order valence-corrected chi connectivity index (χ2v) is 6.13. The van der Waals surface area contributed by atoms with Crippen LogP contribution in [0.2, 0.25) is 0 Å².